The molecule has 0 unspecified atom stereocenters. The summed E-state index contributed by atoms with van der Waals surface area (Å²) in [6.45, 7) is 2.18. The van der Waals surface area contributed by atoms with Crippen molar-refractivity contribution < 1.29 is 18.2 Å². The van der Waals surface area contributed by atoms with Crippen LogP contribution in [0.3, 0.4) is 0 Å². The van der Waals surface area contributed by atoms with Gasteiger partial charge in [-0.1, -0.05) is 24.3 Å². The smallest absolute Gasteiger partial charge is 0.293 e. The van der Waals surface area contributed by atoms with Crippen LogP contribution in [0.15, 0.2) is 47.4 Å². The summed E-state index contributed by atoms with van der Waals surface area (Å²) < 4.78 is 26.8. The second-order valence-electron chi connectivity index (χ2n) is 7.55. The van der Waals surface area contributed by atoms with Crippen LogP contribution in [0.25, 0.3) is 0 Å². The molecular weight excluding hydrogens is 392 g/mol. The fraction of sp³-hybridized carbons (Fsp3) is 0.400. The van der Waals surface area contributed by atoms with E-state index in [0.29, 0.717) is 25.3 Å². The lowest BCUT2D eigenvalue weighted by Crippen LogP contribution is -3.04. The first-order chi connectivity index (χ1) is 13.8. The molecular formula is C20H27N4O4S+. The summed E-state index contributed by atoms with van der Waals surface area (Å²) in [4.78, 5) is 12.3. The first-order valence-electron chi connectivity index (χ1n) is 9.67. The summed E-state index contributed by atoms with van der Waals surface area (Å²) in [5.74, 6) is 0. The van der Waals surface area contributed by atoms with Crippen molar-refractivity contribution in [3.8, 4) is 0 Å². The number of quaternary nitrogens is 1. The van der Waals surface area contributed by atoms with Crippen LogP contribution >= 0.6 is 0 Å². The van der Waals surface area contributed by atoms with Crippen molar-refractivity contribution in [1.82, 2.24) is 4.31 Å². The van der Waals surface area contributed by atoms with Crippen LogP contribution in [0, 0.1) is 10.1 Å². The van der Waals surface area contributed by atoms with E-state index in [1.807, 2.05) is 24.3 Å². The molecule has 2 aromatic carbocycles. The molecule has 29 heavy (non-hydrogen) atoms. The zero-order chi connectivity index (χ0) is 21.0. The van der Waals surface area contributed by atoms with E-state index in [9.17, 15) is 18.5 Å². The van der Waals surface area contributed by atoms with Gasteiger partial charge >= 0.3 is 0 Å². The molecule has 0 bridgehead atoms. The van der Waals surface area contributed by atoms with Gasteiger partial charge in [0.1, 0.15) is 12.2 Å². The van der Waals surface area contributed by atoms with E-state index in [1.165, 1.54) is 21.3 Å². The van der Waals surface area contributed by atoms with Gasteiger partial charge in [0.25, 0.3) is 5.69 Å². The number of nitrogens with zero attached hydrogens (tertiary/aromatic N) is 2. The first-order valence-corrected chi connectivity index (χ1v) is 11.1. The Balaban J connectivity index is 1.85. The van der Waals surface area contributed by atoms with E-state index in [0.717, 1.165) is 36.6 Å². The van der Waals surface area contributed by atoms with E-state index < -0.39 is 14.9 Å². The number of benzene rings is 2. The number of nitro groups is 1. The third-order valence-corrected chi connectivity index (χ3v) is 6.90. The highest BCUT2D eigenvalue weighted by molar-refractivity contribution is 7.89. The van der Waals surface area contributed by atoms with Gasteiger partial charge in [-0.15, -0.1) is 0 Å². The number of hydrogen-bond acceptors (Lipinski definition) is 5. The maximum atomic E-state index is 12.7. The molecule has 1 aliphatic heterocycles. The number of sulfonamides is 1. The van der Waals surface area contributed by atoms with Crippen LogP contribution in [0.4, 0.5) is 11.4 Å². The van der Waals surface area contributed by atoms with Crippen LogP contribution in [-0.2, 0) is 23.1 Å². The van der Waals surface area contributed by atoms with Gasteiger partial charge in [-0.05, 0) is 30.5 Å². The first kappa shape index (κ1) is 21.2. The van der Waals surface area contributed by atoms with E-state index >= 15 is 0 Å². The lowest BCUT2D eigenvalue weighted by molar-refractivity contribution is -0.872. The van der Waals surface area contributed by atoms with Gasteiger partial charge in [-0.25, -0.2) is 8.42 Å². The van der Waals surface area contributed by atoms with Gasteiger partial charge in [0.2, 0.25) is 10.0 Å². The minimum atomic E-state index is -3.70. The Bertz CT molecular complexity index is 986. The molecule has 1 heterocycles. The van der Waals surface area contributed by atoms with Crippen molar-refractivity contribution in [2.24, 2.45) is 0 Å². The van der Waals surface area contributed by atoms with E-state index in [-0.39, 0.29) is 10.6 Å². The van der Waals surface area contributed by atoms with Crippen LogP contribution in [0.2, 0.25) is 0 Å². The molecule has 0 saturated carbocycles. The number of hydrogen-bond donors (Lipinski definition) is 2. The lowest BCUT2D eigenvalue weighted by Gasteiger charge is -2.16. The van der Waals surface area contributed by atoms with E-state index in [2.05, 4.69) is 19.4 Å². The van der Waals surface area contributed by atoms with Gasteiger partial charge < -0.3 is 10.2 Å². The minimum absolute atomic E-state index is 0.0340. The van der Waals surface area contributed by atoms with Gasteiger partial charge in [-0.2, -0.15) is 4.31 Å². The molecule has 2 N–H and O–H groups in total. The third kappa shape index (κ3) is 4.92. The molecule has 0 aliphatic carbocycles. The SMILES string of the molecule is C[NH+](C)Cc1ccccc1CNc1ccc(S(=O)(=O)N2CCCC2)cc1[N+](=O)[O-]. The number of rotatable bonds is 8. The quantitative estimate of drug-likeness (QED) is 0.501. The Hall–Kier alpha value is -2.49. The maximum absolute atomic E-state index is 12.7. The molecule has 1 aliphatic rings. The average Bonchev–Trinajstić information content (AvgIpc) is 3.22. The predicted octanol–water partition coefficient (Wildman–Crippen LogP) is 1.64. The highest BCUT2D eigenvalue weighted by Crippen LogP contribution is 2.30. The van der Waals surface area contributed by atoms with E-state index in [4.69, 9.17) is 0 Å². The molecule has 2 aromatic rings. The Labute approximate surface area is 171 Å². The van der Waals surface area contributed by atoms with Crippen LogP contribution in [-0.4, -0.2) is 44.8 Å². The fourth-order valence-corrected chi connectivity index (χ4v) is 5.06. The Morgan fingerprint density at radius 3 is 2.38 bits per heavy atom. The largest absolute Gasteiger partial charge is 0.375 e. The monoisotopic (exact) mass is 419 g/mol. The number of nitro benzene ring substituents is 1. The molecule has 0 aromatic heterocycles. The Kier molecular flexibility index (Phi) is 6.51. The molecule has 0 amide bonds. The predicted molar refractivity (Wildman–Crippen MR) is 111 cm³/mol. The average molecular weight is 420 g/mol. The Morgan fingerprint density at radius 1 is 1.10 bits per heavy atom. The summed E-state index contributed by atoms with van der Waals surface area (Å²) in [6.07, 6.45) is 1.63. The molecule has 156 valence electrons. The standard InChI is InChI=1S/C20H26N4O4S/c1-22(2)15-17-8-4-3-7-16(17)14-21-19-10-9-18(13-20(19)24(25)26)29(27,28)23-11-5-6-12-23/h3-4,7-10,13,21H,5-6,11-12,14-15H2,1-2H3/p+1. The molecule has 9 heteroatoms. The van der Waals surface area contributed by atoms with Gasteiger partial charge in [0, 0.05) is 31.3 Å². The molecule has 1 fully saturated rings. The molecule has 3 rings (SSSR count). The second-order valence-corrected chi connectivity index (χ2v) is 9.49. The highest BCUT2D eigenvalue weighted by Gasteiger charge is 2.29. The summed E-state index contributed by atoms with van der Waals surface area (Å²) >= 11 is 0. The van der Waals surface area contributed by atoms with Crippen molar-refractivity contribution in [2.45, 2.75) is 30.8 Å². The summed E-state index contributed by atoms with van der Waals surface area (Å²) in [5.41, 5.74) is 2.29. The summed E-state index contributed by atoms with van der Waals surface area (Å²) in [5, 5.41) is 14.7. The fourth-order valence-electron chi connectivity index (χ4n) is 3.52. The number of anilines is 1. The highest BCUT2D eigenvalue weighted by atomic mass is 32.2. The number of nitrogens with one attached hydrogen (secondary N) is 2. The molecule has 8 nitrogen and oxygen atoms in total. The zero-order valence-electron chi connectivity index (χ0n) is 16.7. The topological polar surface area (TPSA) is 97.0 Å². The molecule has 0 radical (unpaired) electrons. The van der Waals surface area contributed by atoms with Crippen molar-refractivity contribution in [3.63, 3.8) is 0 Å². The summed E-state index contributed by atoms with van der Waals surface area (Å²) in [7, 11) is 0.428. The van der Waals surface area contributed by atoms with Gasteiger partial charge in [0.05, 0.1) is 23.9 Å². The van der Waals surface area contributed by atoms with Crippen LogP contribution in [0.1, 0.15) is 24.0 Å². The van der Waals surface area contributed by atoms with Crippen LogP contribution < -0.4 is 10.2 Å². The van der Waals surface area contributed by atoms with E-state index in [1.54, 1.807) is 0 Å². The minimum Gasteiger partial charge on any atom is -0.375 e. The molecule has 1 saturated heterocycles. The lowest BCUT2D eigenvalue weighted by atomic mass is 10.1. The van der Waals surface area contributed by atoms with Crippen molar-refractivity contribution in [3.05, 3.63) is 63.7 Å². The molecule has 0 spiro atoms. The molecule has 0 atom stereocenters. The zero-order valence-corrected chi connectivity index (χ0v) is 17.5. The van der Waals surface area contributed by atoms with Gasteiger partial charge in [0.15, 0.2) is 0 Å². The second kappa shape index (κ2) is 8.89. The maximum Gasteiger partial charge on any atom is 0.293 e. The summed E-state index contributed by atoms with van der Waals surface area (Å²) in [6, 6.07) is 12.0. The Morgan fingerprint density at radius 2 is 1.76 bits per heavy atom. The van der Waals surface area contributed by atoms with Crippen LogP contribution in [0.5, 0.6) is 0 Å². The normalized spacial score (nSPS) is 15.0. The van der Waals surface area contributed by atoms with Crippen molar-refractivity contribution >= 4 is 21.4 Å². The van der Waals surface area contributed by atoms with Gasteiger partial charge in [-0.3, -0.25) is 10.1 Å². The van der Waals surface area contributed by atoms with Crippen molar-refractivity contribution in [1.29, 1.82) is 0 Å². The third-order valence-electron chi connectivity index (χ3n) is 5.00. The van der Waals surface area contributed by atoms with Crippen molar-refractivity contribution in [2.75, 3.05) is 32.5 Å².